The van der Waals surface area contributed by atoms with Crippen molar-refractivity contribution in [3.8, 4) is 0 Å². The molecule has 10 heteroatoms. The van der Waals surface area contributed by atoms with Crippen LogP contribution in [-0.2, 0) is 22.2 Å². The fourth-order valence-electron chi connectivity index (χ4n) is 2.92. The summed E-state index contributed by atoms with van der Waals surface area (Å²) in [5.41, 5.74) is -1.48. The van der Waals surface area contributed by atoms with Gasteiger partial charge < -0.3 is 14.2 Å². The first-order valence-electron chi connectivity index (χ1n) is 8.70. The van der Waals surface area contributed by atoms with Gasteiger partial charge in [0.2, 0.25) is 0 Å². The second-order valence-corrected chi connectivity index (χ2v) is 9.42. The Balaban J connectivity index is 1.79. The molecule has 0 bridgehead atoms. The lowest BCUT2D eigenvalue weighted by molar-refractivity contribution is 0.0194. The van der Waals surface area contributed by atoms with Gasteiger partial charge in [-0.3, -0.25) is 0 Å². The Hall–Kier alpha value is -1.78. The van der Waals surface area contributed by atoms with Gasteiger partial charge in [-0.25, -0.2) is 13.4 Å². The third-order valence-corrected chi connectivity index (χ3v) is 6.09. The lowest BCUT2D eigenvalue weighted by atomic mass is 10.0. The van der Waals surface area contributed by atoms with Crippen LogP contribution < -0.4 is 0 Å². The zero-order valence-electron chi connectivity index (χ0n) is 15.5. The molecule has 3 rings (SSSR count). The van der Waals surface area contributed by atoms with Crippen molar-refractivity contribution in [2.75, 3.05) is 13.1 Å². The molecule has 1 aliphatic rings. The zero-order chi connectivity index (χ0) is 19.1. The number of aromatic nitrogens is 4. The zero-order valence-corrected chi connectivity index (χ0v) is 16.3. The Bertz CT molecular complexity index is 873. The highest BCUT2D eigenvalue weighted by atomic mass is 32.2. The molecule has 1 unspecified atom stereocenters. The van der Waals surface area contributed by atoms with Crippen LogP contribution in [0, 0.1) is 5.92 Å². The highest BCUT2D eigenvalue weighted by Crippen LogP contribution is 2.34. The first kappa shape index (κ1) is 19.0. The second kappa shape index (κ2) is 6.75. The van der Waals surface area contributed by atoms with Gasteiger partial charge in [-0.05, 0) is 5.92 Å². The molecule has 0 saturated carbocycles. The van der Waals surface area contributed by atoms with Crippen LogP contribution in [0.15, 0.2) is 22.1 Å². The van der Waals surface area contributed by atoms with E-state index >= 15 is 0 Å². The predicted molar refractivity (Wildman–Crippen MR) is 92.7 cm³/mol. The Morgan fingerprint density at radius 1 is 1.35 bits per heavy atom. The fraction of sp³-hybridized carbons (Fsp3) is 0.688. The fourth-order valence-corrected chi connectivity index (χ4v) is 4.35. The number of imidazole rings is 1. The number of hydrogen-bond donors (Lipinski definition) is 1. The highest BCUT2D eigenvalue weighted by Gasteiger charge is 2.47. The molecule has 1 saturated heterocycles. The number of sulfonamides is 1. The summed E-state index contributed by atoms with van der Waals surface area (Å²) in [5.74, 6) is 0.984. The van der Waals surface area contributed by atoms with Crippen LogP contribution in [0.1, 0.15) is 51.7 Å². The standard InChI is InChI=1S/C16H25N5O4S/c1-11(2)7-20-8-13(17-10-20)26(23,24)21-6-5-16(22,9-21)15-18-14(12(3)4)19-25-15/h8,10-12,22H,5-7,9H2,1-4H3. The summed E-state index contributed by atoms with van der Waals surface area (Å²) in [6.07, 6.45) is 3.23. The Morgan fingerprint density at radius 3 is 2.69 bits per heavy atom. The van der Waals surface area contributed by atoms with E-state index in [1.807, 2.05) is 27.7 Å². The number of aliphatic hydroxyl groups is 1. The maximum absolute atomic E-state index is 12.8. The maximum atomic E-state index is 12.8. The third-order valence-electron chi connectivity index (χ3n) is 4.36. The van der Waals surface area contributed by atoms with E-state index in [0.29, 0.717) is 18.3 Å². The largest absolute Gasteiger partial charge is 0.379 e. The van der Waals surface area contributed by atoms with Gasteiger partial charge >= 0.3 is 0 Å². The third kappa shape index (κ3) is 3.53. The van der Waals surface area contributed by atoms with Gasteiger partial charge in [-0.15, -0.1) is 0 Å². The molecule has 3 heterocycles. The van der Waals surface area contributed by atoms with Crippen LogP contribution in [0.2, 0.25) is 0 Å². The summed E-state index contributed by atoms with van der Waals surface area (Å²) in [7, 11) is -3.79. The van der Waals surface area contributed by atoms with E-state index in [4.69, 9.17) is 4.52 Å². The van der Waals surface area contributed by atoms with Crippen LogP contribution in [0.4, 0.5) is 0 Å². The summed E-state index contributed by atoms with van der Waals surface area (Å²) in [5, 5.41) is 14.7. The van der Waals surface area contributed by atoms with Crippen molar-refractivity contribution in [2.45, 2.75) is 57.2 Å². The molecule has 1 atom stereocenters. The van der Waals surface area contributed by atoms with Crippen molar-refractivity contribution in [1.29, 1.82) is 0 Å². The summed E-state index contributed by atoms with van der Waals surface area (Å²) in [6.45, 7) is 8.64. The van der Waals surface area contributed by atoms with E-state index in [0.717, 1.165) is 0 Å². The summed E-state index contributed by atoms with van der Waals surface area (Å²) in [6, 6.07) is 0. The number of hydrogen-bond acceptors (Lipinski definition) is 7. The maximum Gasteiger partial charge on any atom is 0.262 e. The molecule has 144 valence electrons. The molecule has 0 amide bonds. The van der Waals surface area contributed by atoms with Crippen LogP contribution in [-0.4, -0.2) is 50.6 Å². The molecule has 0 spiro atoms. The molecule has 0 radical (unpaired) electrons. The smallest absolute Gasteiger partial charge is 0.262 e. The lowest BCUT2D eigenvalue weighted by Crippen LogP contribution is -2.34. The van der Waals surface area contributed by atoms with E-state index in [1.54, 1.807) is 4.57 Å². The van der Waals surface area contributed by atoms with Crippen molar-refractivity contribution in [2.24, 2.45) is 5.92 Å². The summed E-state index contributed by atoms with van der Waals surface area (Å²) < 4.78 is 33.8. The van der Waals surface area contributed by atoms with Crippen LogP contribution in [0.25, 0.3) is 0 Å². The molecule has 1 N–H and O–H groups in total. The van der Waals surface area contributed by atoms with Gasteiger partial charge in [0.15, 0.2) is 16.5 Å². The van der Waals surface area contributed by atoms with Gasteiger partial charge in [0.05, 0.1) is 12.9 Å². The minimum Gasteiger partial charge on any atom is -0.379 e. The van der Waals surface area contributed by atoms with E-state index in [1.165, 1.54) is 16.8 Å². The first-order chi connectivity index (χ1) is 12.1. The lowest BCUT2D eigenvalue weighted by Gasteiger charge is -2.18. The van der Waals surface area contributed by atoms with Crippen molar-refractivity contribution < 1.29 is 18.0 Å². The van der Waals surface area contributed by atoms with Crippen molar-refractivity contribution >= 4 is 10.0 Å². The van der Waals surface area contributed by atoms with Crippen LogP contribution in [0.3, 0.4) is 0 Å². The molecule has 1 aliphatic heterocycles. The molecule has 1 fully saturated rings. The highest BCUT2D eigenvalue weighted by molar-refractivity contribution is 7.89. The van der Waals surface area contributed by atoms with Gasteiger partial charge in [0.1, 0.15) is 0 Å². The number of rotatable bonds is 6. The monoisotopic (exact) mass is 383 g/mol. The minimum atomic E-state index is -3.79. The molecule has 9 nitrogen and oxygen atoms in total. The second-order valence-electron chi connectivity index (χ2n) is 7.54. The van der Waals surface area contributed by atoms with Gasteiger partial charge in [0.25, 0.3) is 15.9 Å². The molecule has 0 aliphatic carbocycles. The van der Waals surface area contributed by atoms with Crippen molar-refractivity contribution in [1.82, 2.24) is 24.0 Å². The Labute approximate surface area is 153 Å². The average molecular weight is 383 g/mol. The molecule has 2 aromatic heterocycles. The minimum absolute atomic E-state index is 0.0178. The van der Waals surface area contributed by atoms with Gasteiger partial charge in [0, 0.05) is 31.6 Å². The van der Waals surface area contributed by atoms with Crippen LogP contribution >= 0.6 is 0 Å². The van der Waals surface area contributed by atoms with E-state index < -0.39 is 15.6 Å². The van der Waals surface area contributed by atoms with E-state index in [2.05, 4.69) is 15.1 Å². The normalized spacial score (nSPS) is 22.0. The quantitative estimate of drug-likeness (QED) is 0.800. The van der Waals surface area contributed by atoms with Gasteiger partial charge in [-0.2, -0.15) is 9.29 Å². The average Bonchev–Trinajstić information content (AvgIpc) is 3.25. The summed E-state index contributed by atoms with van der Waals surface area (Å²) in [4.78, 5) is 8.25. The van der Waals surface area contributed by atoms with Crippen molar-refractivity contribution in [3.05, 3.63) is 24.2 Å². The van der Waals surface area contributed by atoms with Crippen LogP contribution in [0.5, 0.6) is 0 Å². The molecule has 26 heavy (non-hydrogen) atoms. The Kier molecular flexibility index (Phi) is 4.93. The molecule has 2 aromatic rings. The molecular weight excluding hydrogens is 358 g/mol. The SMILES string of the molecule is CC(C)Cn1cnc(S(=O)(=O)N2CCC(O)(c3nc(C(C)C)no3)C2)c1. The summed E-state index contributed by atoms with van der Waals surface area (Å²) >= 11 is 0. The number of β-amino-alcohol motifs (C(OH)–C–C–N with tert-alkyl or cyclic N) is 1. The molecular formula is C16H25N5O4S. The van der Waals surface area contributed by atoms with Gasteiger partial charge in [-0.1, -0.05) is 32.9 Å². The topological polar surface area (TPSA) is 114 Å². The first-order valence-corrected chi connectivity index (χ1v) is 10.1. The predicted octanol–water partition coefficient (Wildman–Crippen LogP) is 1.33. The van der Waals surface area contributed by atoms with E-state index in [9.17, 15) is 13.5 Å². The number of nitrogens with zero attached hydrogens (tertiary/aromatic N) is 5. The van der Waals surface area contributed by atoms with E-state index in [-0.39, 0.29) is 36.3 Å². The van der Waals surface area contributed by atoms with Crippen molar-refractivity contribution in [3.63, 3.8) is 0 Å². The molecule has 0 aromatic carbocycles. The Morgan fingerprint density at radius 2 is 2.08 bits per heavy atom.